The molecule has 1 fully saturated rings. The minimum absolute atomic E-state index is 0.0102. The second-order valence-corrected chi connectivity index (χ2v) is 10.5. The van der Waals surface area contributed by atoms with Crippen molar-refractivity contribution in [2.75, 3.05) is 39.6 Å². The lowest BCUT2D eigenvalue weighted by atomic mass is 9.98. The van der Waals surface area contributed by atoms with Gasteiger partial charge in [0.05, 0.1) is 12.3 Å². The lowest BCUT2D eigenvalue weighted by Crippen LogP contribution is -2.62. The Morgan fingerprint density at radius 3 is 2.07 bits per heavy atom. The van der Waals surface area contributed by atoms with Crippen molar-refractivity contribution in [3.8, 4) is 0 Å². The van der Waals surface area contributed by atoms with Crippen LogP contribution in [-0.4, -0.2) is 82.4 Å². The second-order valence-electron chi connectivity index (χ2n) is 10.5. The van der Waals surface area contributed by atoms with Gasteiger partial charge in [-0.15, -0.1) is 0 Å². The van der Waals surface area contributed by atoms with Gasteiger partial charge in [-0.3, -0.25) is 0 Å². The zero-order valence-corrected chi connectivity index (χ0v) is 25.7. The molecule has 13 heteroatoms. The summed E-state index contributed by atoms with van der Waals surface area (Å²) < 4.78 is 79.1. The van der Waals surface area contributed by atoms with Gasteiger partial charge in [-0.2, -0.15) is 13.2 Å². The van der Waals surface area contributed by atoms with Crippen molar-refractivity contribution >= 4 is 11.6 Å². The van der Waals surface area contributed by atoms with E-state index in [0.717, 1.165) is 32.1 Å². The fourth-order valence-corrected chi connectivity index (χ4v) is 4.27. The molecule has 0 N–H and O–H groups in total. The van der Waals surface area contributed by atoms with Gasteiger partial charge in [0, 0.05) is 37.9 Å². The number of para-hydroxylation sites is 1. The van der Waals surface area contributed by atoms with Crippen LogP contribution >= 0.6 is 0 Å². The lowest BCUT2D eigenvalue weighted by Gasteiger charge is -2.45. The Balaban J connectivity index is 2.45. The van der Waals surface area contributed by atoms with Crippen molar-refractivity contribution < 1.29 is 41.6 Å². The van der Waals surface area contributed by atoms with E-state index in [4.69, 9.17) is 34.0 Å². The second kappa shape index (κ2) is 20.5. The third kappa shape index (κ3) is 13.4. The molecule has 0 aromatic heterocycles. The molecule has 1 saturated heterocycles. The number of hydrogen-bond donors (Lipinski definition) is 0. The standard InChI is InChI=1S/C30H47F3N4O6/c1-5-8-16-39-25-24(21-38-20-22(4)19-35-37-34)42-28(27(41-18-10-7-3)26(25)40-17-9-6-2)43-29(30(31,32)33)36-23-14-12-11-13-15-23/h11-15,22,24-28H,5-10,16-21H2,1-4H3/b36-29+/t22?,24?,25-,26+,27?,28+/m1/s1. The van der Waals surface area contributed by atoms with E-state index in [1.165, 1.54) is 12.1 Å². The van der Waals surface area contributed by atoms with E-state index in [2.05, 4.69) is 15.0 Å². The summed E-state index contributed by atoms with van der Waals surface area (Å²) >= 11 is 0. The highest BCUT2D eigenvalue weighted by Gasteiger charge is 2.52. The monoisotopic (exact) mass is 616 g/mol. The number of alkyl halides is 3. The first-order valence-electron chi connectivity index (χ1n) is 15.2. The third-order valence-electron chi connectivity index (χ3n) is 6.61. The van der Waals surface area contributed by atoms with Crippen LogP contribution in [0, 0.1) is 5.92 Å². The Labute approximate surface area is 252 Å². The van der Waals surface area contributed by atoms with Crippen molar-refractivity contribution in [1.29, 1.82) is 0 Å². The van der Waals surface area contributed by atoms with Crippen LogP contribution in [0.2, 0.25) is 0 Å². The van der Waals surface area contributed by atoms with Crippen LogP contribution < -0.4 is 0 Å². The largest absolute Gasteiger partial charge is 0.468 e. The van der Waals surface area contributed by atoms with E-state index in [1.807, 2.05) is 27.7 Å². The smallest absolute Gasteiger partial charge is 0.441 e. The molecule has 10 nitrogen and oxygen atoms in total. The molecule has 1 heterocycles. The Bertz CT molecular complexity index is 965. The Hall–Kier alpha value is -2.41. The van der Waals surface area contributed by atoms with Crippen LogP contribution in [0.4, 0.5) is 18.9 Å². The number of unbranched alkanes of at least 4 members (excludes halogenated alkanes) is 3. The van der Waals surface area contributed by atoms with Crippen LogP contribution in [0.1, 0.15) is 66.2 Å². The quantitative estimate of drug-likeness (QED) is 0.0373. The topological polar surface area (TPSA) is 117 Å². The maximum absolute atomic E-state index is 14.2. The fraction of sp³-hybridized carbons (Fsp3) is 0.767. The van der Waals surface area contributed by atoms with Crippen molar-refractivity contribution in [1.82, 2.24) is 0 Å². The molecule has 0 amide bonds. The van der Waals surface area contributed by atoms with Gasteiger partial charge < -0.3 is 28.4 Å². The molecule has 1 aromatic rings. The van der Waals surface area contributed by atoms with Gasteiger partial charge in [-0.05, 0) is 42.8 Å². The van der Waals surface area contributed by atoms with Gasteiger partial charge >= 0.3 is 6.18 Å². The van der Waals surface area contributed by atoms with Gasteiger partial charge in [0.2, 0.25) is 6.29 Å². The molecule has 3 unspecified atom stereocenters. The SMILES string of the molecule is CCCCOC1[C@H](O/C(=N/c2ccccc2)C(F)(F)F)OC(COCC(C)CN=[N+]=[N-])[C@@H](OCCCC)[C@@H]1OCCCC. The molecule has 0 aliphatic carbocycles. The summed E-state index contributed by atoms with van der Waals surface area (Å²) in [5.41, 5.74) is 8.69. The average Bonchev–Trinajstić information content (AvgIpc) is 2.98. The molecule has 1 aromatic carbocycles. The van der Waals surface area contributed by atoms with E-state index >= 15 is 0 Å². The maximum Gasteiger partial charge on any atom is 0.468 e. The number of nitrogens with zero attached hydrogens (tertiary/aromatic N) is 4. The summed E-state index contributed by atoms with van der Waals surface area (Å²) in [5.74, 6) is -1.53. The summed E-state index contributed by atoms with van der Waals surface area (Å²) in [5, 5.41) is 3.57. The molecular weight excluding hydrogens is 569 g/mol. The highest BCUT2D eigenvalue weighted by atomic mass is 19.4. The Morgan fingerprint density at radius 1 is 0.930 bits per heavy atom. The maximum atomic E-state index is 14.2. The van der Waals surface area contributed by atoms with Crippen LogP contribution in [0.25, 0.3) is 10.4 Å². The number of aliphatic imine (C=N–C) groups is 1. The highest BCUT2D eigenvalue weighted by molar-refractivity contribution is 5.84. The van der Waals surface area contributed by atoms with E-state index in [0.29, 0.717) is 19.6 Å². The fourth-order valence-electron chi connectivity index (χ4n) is 4.27. The summed E-state index contributed by atoms with van der Waals surface area (Å²) in [7, 11) is 0. The van der Waals surface area contributed by atoms with Gasteiger partial charge in [0.15, 0.2) is 0 Å². The summed E-state index contributed by atoms with van der Waals surface area (Å²) in [6.07, 6.45) is -4.97. The minimum atomic E-state index is -4.90. The first-order chi connectivity index (χ1) is 20.7. The van der Waals surface area contributed by atoms with Gasteiger partial charge in [-0.1, -0.05) is 70.3 Å². The predicted molar refractivity (Wildman–Crippen MR) is 157 cm³/mol. The predicted octanol–water partition coefficient (Wildman–Crippen LogP) is 7.54. The molecule has 0 spiro atoms. The van der Waals surface area contributed by atoms with Crippen molar-refractivity contribution in [2.45, 2.75) is 103 Å². The Kier molecular flexibility index (Phi) is 17.6. The molecule has 6 atom stereocenters. The van der Waals surface area contributed by atoms with Crippen molar-refractivity contribution in [2.24, 2.45) is 16.0 Å². The molecule has 43 heavy (non-hydrogen) atoms. The van der Waals surface area contributed by atoms with Crippen LogP contribution in [-0.2, 0) is 28.4 Å². The number of azide groups is 1. The lowest BCUT2D eigenvalue weighted by molar-refractivity contribution is -0.311. The van der Waals surface area contributed by atoms with E-state index in [1.54, 1.807) is 18.2 Å². The summed E-state index contributed by atoms with van der Waals surface area (Å²) in [6, 6.07) is 7.77. The van der Waals surface area contributed by atoms with Crippen molar-refractivity contribution in [3.05, 3.63) is 40.8 Å². The summed E-state index contributed by atoms with van der Waals surface area (Å²) in [6.45, 7) is 9.42. The number of benzene rings is 1. The number of halogens is 3. The highest BCUT2D eigenvalue weighted by Crippen LogP contribution is 2.33. The van der Waals surface area contributed by atoms with Crippen LogP contribution in [0.3, 0.4) is 0 Å². The molecule has 1 aliphatic heterocycles. The normalized spacial score (nSPS) is 23.5. The van der Waals surface area contributed by atoms with E-state index in [-0.39, 0.29) is 38.0 Å². The molecule has 0 radical (unpaired) electrons. The van der Waals surface area contributed by atoms with Crippen LogP contribution in [0.15, 0.2) is 40.4 Å². The van der Waals surface area contributed by atoms with Gasteiger partial charge in [0.25, 0.3) is 5.90 Å². The molecule has 2 rings (SSSR count). The average molecular weight is 617 g/mol. The first-order valence-corrected chi connectivity index (χ1v) is 15.2. The zero-order valence-electron chi connectivity index (χ0n) is 25.7. The number of rotatable bonds is 20. The molecule has 244 valence electrons. The minimum Gasteiger partial charge on any atom is -0.441 e. The first kappa shape index (κ1) is 36.8. The zero-order chi connectivity index (χ0) is 31.5. The molecule has 1 aliphatic rings. The third-order valence-corrected chi connectivity index (χ3v) is 6.61. The van der Waals surface area contributed by atoms with Gasteiger partial charge in [-0.25, -0.2) is 4.99 Å². The molecule has 0 bridgehead atoms. The van der Waals surface area contributed by atoms with E-state index < -0.39 is 42.8 Å². The van der Waals surface area contributed by atoms with Gasteiger partial charge in [0.1, 0.15) is 24.4 Å². The van der Waals surface area contributed by atoms with Crippen LogP contribution in [0.5, 0.6) is 0 Å². The Morgan fingerprint density at radius 2 is 1.51 bits per heavy atom. The van der Waals surface area contributed by atoms with E-state index in [9.17, 15) is 13.2 Å². The molecule has 0 saturated carbocycles. The number of hydrogen-bond acceptors (Lipinski definition) is 8. The number of ether oxygens (including phenoxy) is 6. The van der Waals surface area contributed by atoms with Crippen molar-refractivity contribution in [3.63, 3.8) is 0 Å². The summed E-state index contributed by atoms with van der Waals surface area (Å²) in [4.78, 5) is 6.54. The molecular formula is C30H47F3N4O6.